The van der Waals surface area contributed by atoms with Crippen LogP contribution in [-0.4, -0.2) is 18.2 Å². The van der Waals surface area contributed by atoms with Crippen molar-refractivity contribution in [1.82, 2.24) is 5.16 Å². The van der Waals surface area contributed by atoms with Gasteiger partial charge >= 0.3 is 5.97 Å². The molecule has 0 aliphatic heterocycles. The first-order valence-corrected chi connectivity index (χ1v) is 3.41. The molecule has 0 saturated carbocycles. The SMILES string of the molecule is COC(=O)C(C)c1cc(=O)[nH]o1. The Kier molecular flexibility index (Phi) is 2.32. The first-order valence-electron chi connectivity index (χ1n) is 3.41. The third-order valence-electron chi connectivity index (χ3n) is 1.52. The topological polar surface area (TPSA) is 72.3 Å². The second-order valence-electron chi connectivity index (χ2n) is 2.36. The summed E-state index contributed by atoms with van der Waals surface area (Å²) in [5, 5.41) is 2.09. The van der Waals surface area contributed by atoms with Crippen molar-refractivity contribution < 1.29 is 14.1 Å². The molecule has 5 nitrogen and oxygen atoms in total. The number of hydrogen-bond acceptors (Lipinski definition) is 4. The van der Waals surface area contributed by atoms with E-state index in [0.717, 1.165) is 0 Å². The van der Waals surface area contributed by atoms with E-state index >= 15 is 0 Å². The van der Waals surface area contributed by atoms with Crippen LogP contribution in [0.4, 0.5) is 0 Å². The summed E-state index contributed by atoms with van der Waals surface area (Å²) in [7, 11) is 1.28. The van der Waals surface area contributed by atoms with Gasteiger partial charge in [0.1, 0.15) is 5.92 Å². The minimum Gasteiger partial charge on any atom is -0.468 e. The predicted octanol–water partition coefficient (Wildman–Crippen LogP) is 0.244. The molecule has 0 aromatic carbocycles. The molecule has 12 heavy (non-hydrogen) atoms. The standard InChI is InChI=1S/C7H9NO4/c1-4(7(10)11-2)5-3-6(9)8-12-5/h3-4H,1-2H3,(H,8,9). The van der Waals surface area contributed by atoms with Crippen molar-refractivity contribution >= 4 is 5.97 Å². The van der Waals surface area contributed by atoms with Crippen LogP contribution in [0.25, 0.3) is 0 Å². The van der Waals surface area contributed by atoms with Crippen molar-refractivity contribution in [1.29, 1.82) is 0 Å². The molecule has 5 heteroatoms. The number of carbonyl (C=O) groups is 1. The Bertz CT molecular complexity index is 324. The number of carbonyl (C=O) groups excluding carboxylic acids is 1. The predicted molar refractivity (Wildman–Crippen MR) is 39.8 cm³/mol. The first kappa shape index (κ1) is 8.58. The van der Waals surface area contributed by atoms with Crippen LogP contribution in [0.15, 0.2) is 15.4 Å². The van der Waals surface area contributed by atoms with E-state index in [0.29, 0.717) is 0 Å². The molecule has 1 aromatic rings. The van der Waals surface area contributed by atoms with E-state index in [9.17, 15) is 9.59 Å². The highest BCUT2D eigenvalue weighted by molar-refractivity contribution is 5.76. The Hall–Kier alpha value is -1.52. The van der Waals surface area contributed by atoms with E-state index in [1.54, 1.807) is 6.92 Å². The number of ether oxygens (including phenoxy) is 1. The average Bonchev–Trinajstić information content (AvgIpc) is 2.49. The van der Waals surface area contributed by atoms with Crippen molar-refractivity contribution in [2.24, 2.45) is 0 Å². The second-order valence-corrected chi connectivity index (χ2v) is 2.36. The van der Waals surface area contributed by atoms with E-state index in [-0.39, 0.29) is 11.3 Å². The van der Waals surface area contributed by atoms with E-state index in [1.807, 2.05) is 0 Å². The molecule has 1 N–H and O–H groups in total. The zero-order valence-corrected chi connectivity index (χ0v) is 6.79. The van der Waals surface area contributed by atoms with Gasteiger partial charge in [-0.1, -0.05) is 0 Å². The summed E-state index contributed by atoms with van der Waals surface area (Å²) < 4.78 is 9.17. The normalized spacial score (nSPS) is 12.5. The minimum atomic E-state index is -0.547. The van der Waals surface area contributed by atoms with Gasteiger partial charge in [-0.05, 0) is 6.92 Å². The van der Waals surface area contributed by atoms with Crippen LogP contribution in [0.5, 0.6) is 0 Å². The number of aromatic nitrogens is 1. The summed E-state index contributed by atoms with van der Waals surface area (Å²) in [6, 6.07) is 1.22. The van der Waals surface area contributed by atoms with Gasteiger partial charge in [0, 0.05) is 6.07 Å². The number of esters is 1. The zero-order chi connectivity index (χ0) is 9.14. The number of H-pyrrole nitrogens is 1. The highest BCUT2D eigenvalue weighted by atomic mass is 16.5. The van der Waals surface area contributed by atoms with Gasteiger partial charge in [-0.2, -0.15) is 5.16 Å². The first-order chi connectivity index (χ1) is 5.65. The third-order valence-corrected chi connectivity index (χ3v) is 1.52. The maximum absolute atomic E-state index is 10.9. The van der Waals surface area contributed by atoms with Gasteiger partial charge in [0.05, 0.1) is 7.11 Å². The van der Waals surface area contributed by atoms with Gasteiger partial charge in [-0.25, -0.2) is 0 Å². The highest BCUT2D eigenvalue weighted by Crippen LogP contribution is 2.13. The summed E-state index contributed by atoms with van der Waals surface area (Å²) in [6.45, 7) is 1.60. The minimum absolute atomic E-state index is 0.284. The second kappa shape index (κ2) is 3.25. The van der Waals surface area contributed by atoms with Crippen molar-refractivity contribution in [2.75, 3.05) is 7.11 Å². The highest BCUT2D eigenvalue weighted by Gasteiger charge is 2.19. The molecule has 1 rings (SSSR count). The largest absolute Gasteiger partial charge is 0.468 e. The lowest BCUT2D eigenvalue weighted by molar-refractivity contribution is -0.142. The Balaban J connectivity index is 2.84. The molecule has 0 saturated heterocycles. The zero-order valence-electron chi connectivity index (χ0n) is 6.79. The molecular weight excluding hydrogens is 162 g/mol. The van der Waals surface area contributed by atoms with Gasteiger partial charge in [-0.3, -0.25) is 9.59 Å². The molecular formula is C7H9NO4. The van der Waals surface area contributed by atoms with Crippen LogP contribution < -0.4 is 5.56 Å². The molecule has 0 spiro atoms. The average molecular weight is 171 g/mol. The summed E-state index contributed by atoms with van der Waals surface area (Å²) in [5.74, 6) is -0.696. The lowest BCUT2D eigenvalue weighted by Crippen LogP contribution is -2.10. The van der Waals surface area contributed by atoms with Crippen LogP contribution in [-0.2, 0) is 9.53 Å². The summed E-state index contributed by atoms with van der Waals surface area (Å²) in [6.07, 6.45) is 0. The number of hydrogen-bond donors (Lipinski definition) is 1. The van der Waals surface area contributed by atoms with E-state index in [4.69, 9.17) is 4.52 Å². The third kappa shape index (κ3) is 1.55. The van der Waals surface area contributed by atoms with Gasteiger partial charge in [0.15, 0.2) is 5.76 Å². The fourth-order valence-electron chi connectivity index (χ4n) is 0.804. The molecule has 0 fully saturated rings. The molecule has 1 aromatic heterocycles. The van der Waals surface area contributed by atoms with Crippen molar-refractivity contribution in [2.45, 2.75) is 12.8 Å². The van der Waals surface area contributed by atoms with Crippen LogP contribution in [0, 0.1) is 0 Å². The van der Waals surface area contributed by atoms with Gasteiger partial charge in [0.2, 0.25) is 0 Å². The molecule has 1 heterocycles. The van der Waals surface area contributed by atoms with E-state index in [2.05, 4.69) is 9.89 Å². The number of aromatic amines is 1. The Morgan fingerprint density at radius 1 is 1.75 bits per heavy atom. The van der Waals surface area contributed by atoms with Crippen LogP contribution in [0.1, 0.15) is 18.6 Å². The fourth-order valence-corrected chi connectivity index (χ4v) is 0.804. The van der Waals surface area contributed by atoms with E-state index < -0.39 is 11.9 Å². The maximum Gasteiger partial charge on any atom is 0.316 e. The molecule has 66 valence electrons. The Labute approximate surface area is 68.3 Å². The van der Waals surface area contributed by atoms with Gasteiger partial charge in [-0.15, -0.1) is 0 Å². The van der Waals surface area contributed by atoms with Gasteiger partial charge in [0.25, 0.3) is 5.56 Å². The summed E-state index contributed by atoms with van der Waals surface area (Å²) >= 11 is 0. The van der Waals surface area contributed by atoms with E-state index in [1.165, 1.54) is 13.2 Å². The number of methoxy groups -OCH3 is 1. The smallest absolute Gasteiger partial charge is 0.316 e. The Morgan fingerprint density at radius 2 is 2.42 bits per heavy atom. The molecule has 1 atom stereocenters. The van der Waals surface area contributed by atoms with Crippen LogP contribution in [0.3, 0.4) is 0 Å². The Morgan fingerprint density at radius 3 is 2.83 bits per heavy atom. The number of nitrogens with one attached hydrogen (secondary N) is 1. The molecule has 0 radical (unpaired) electrons. The monoisotopic (exact) mass is 171 g/mol. The number of rotatable bonds is 2. The molecule has 0 aliphatic rings. The van der Waals surface area contributed by atoms with Gasteiger partial charge < -0.3 is 9.26 Å². The molecule has 0 aliphatic carbocycles. The van der Waals surface area contributed by atoms with Crippen molar-refractivity contribution in [3.8, 4) is 0 Å². The summed E-state index contributed by atoms with van der Waals surface area (Å²) in [5.41, 5.74) is -0.360. The van der Waals surface area contributed by atoms with Crippen molar-refractivity contribution in [3.05, 3.63) is 22.2 Å². The molecule has 1 unspecified atom stereocenters. The molecule has 0 amide bonds. The lowest BCUT2D eigenvalue weighted by atomic mass is 10.1. The summed E-state index contributed by atoms with van der Waals surface area (Å²) in [4.78, 5) is 21.5. The van der Waals surface area contributed by atoms with Crippen molar-refractivity contribution in [3.63, 3.8) is 0 Å². The maximum atomic E-state index is 10.9. The van der Waals surface area contributed by atoms with Crippen LogP contribution >= 0.6 is 0 Å². The van der Waals surface area contributed by atoms with Crippen LogP contribution in [0.2, 0.25) is 0 Å². The molecule has 0 bridgehead atoms. The quantitative estimate of drug-likeness (QED) is 0.647. The lowest BCUT2D eigenvalue weighted by Gasteiger charge is -2.02. The fraction of sp³-hybridized carbons (Fsp3) is 0.429.